The van der Waals surface area contributed by atoms with Gasteiger partial charge in [-0.15, -0.1) is 0 Å². The molecule has 1 aliphatic rings. The lowest BCUT2D eigenvalue weighted by Crippen LogP contribution is -2.47. The number of hydrogen-bond donors (Lipinski definition) is 1. The van der Waals surface area contributed by atoms with Crippen LogP contribution in [0.25, 0.3) is 0 Å². The molecule has 1 N–H and O–H groups in total. The smallest absolute Gasteiger partial charge is 0.119 e. The average molecular weight is 329 g/mol. The zero-order valence-electron chi connectivity index (χ0n) is 11.3. The summed E-state index contributed by atoms with van der Waals surface area (Å²) in [5.74, 6) is 0.792. The Balaban J connectivity index is 1.69. The summed E-state index contributed by atoms with van der Waals surface area (Å²) in [6.45, 7) is 5.20. The van der Waals surface area contributed by atoms with Crippen molar-refractivity contribution in [2.45, 2.75) is 6.10 Å². The lowest BCUT2D eigenvalue weighted by atomic mass is 10.3. The van der Waals surface area contributed by atoms with Gasteiger partial charge in [-0.2, -0.15) is 0 Å². The second kappa shape index (κ2) is 7.24. The molecule has 0 spiro atoms. The van der Waals surface area contributed by atoms with E-state index in [2.05, 4.69) is 32.8 Å². The van der Waals surface area contributed by atoms with Gasteiger partial charge in [0.1, 0.15) is 18.5 Å². The van der Waals surface area contributed by atoms with Gasteiger partial charge in [-0.3, -0.25) is 4.90 Å². The first-order chi connectivity index (χ1) is 9.13. The van der Waals surface area contributed by atoms with Gasteiger partial charge in [0.2, 0.25) is 0 Å². The van der Waals surface area contributed by atoms with Crippen molar-refractivity contribution in [2.24, 2.45) is 0 Å². The molecule has 0 unspecified atom stereocenters. The Morgan fingerprint density at radius 2 is 1.84 bits per heavy atom. The van der Waals surface area contributed by atoms with Crippen molar-refractivity contribution in [1.29, 1.82) is 0 Å². The van der Waals surface area contributed by atoms with Crippen LogP contribution < -0.4 is 4.74 Å². The van der Waals surface area contributed by atoms with E-state index in [1.165, 1.54) is 0 Å². The number of piperazine rings is 1. The van der Waals surface area contributed by atoms with Gasteiger partial charge in [0.15, 0.2) is 0 Å². The van der Waals surface area contributed by atoms with E-state index in [1.54, 1.807) is 0 Å². The standard InChI is InChI=1S/C14H21BrN2O2/c1-16-6-8-17(9-7-16)10-13(18)11-19-14-4-2-12(15)3-5-14/h2-5,13,18H,6-11H2,1H3/t13-/m1/s1. The maximum atomic E-state index is 9.99. The lowest BCUT2D eigenvalue weighted by Gasteiger charge is -2.33. The summed E-state index contributed by atoms with van der Waals surface area (Å²) >= 11 is 3.38. The maximum absolute atomic E-state index is 9.99. The Morgan fingerprint density at radius 3 is 2.47 bits per heavy atom. The van der Waals surface area contributed by atoms with Crippen LogP contribution in [-0.2, 0) is 0 Å². The van der Waals surface area contributed by atoms with Crippen LogP contribution in [0.3, 0.4) is 0 Å². The molecule has 5 heteroatoms. The minimum absolute atomic E-state index is 0.341. The summed E-state index contributed by atoms with van der Waals surface area (Å²) in [4.78, 5) is 4.59. The highest BCUT2D eigenvalue weighted by Crippen LogP contribution is 2.16. The number of aliphatic hydroxyl groups excluding tert-OH is 1. The lowest BCUT2D eigenvalue weighted by molar-refractivity contribution is 0.0505. The number of β-amino-alcohol motifs (C(OH)–C–C–N with tert-alkyl or cyclic N) is 1. The predicted molar refractivity (Wildman–Crippen MR) is 79.6 cm³/mol. The van der Waals surface area contributed by atoms with Crippen LogP contribution in [-0.4, -0.2) is 67.4 Å². The summed E-state index contributed by atoms with van der Waals surface area (Å²) in [6.07, 6.45) is -0.438. The number of ether oxygens (including phenoxy) is 1. The van der Waals surface area contributed by atoms with Crippen LogP contribution in [0.1, 0.15) is 0 Å². The summed E-state index contributed by atoms with van der Waals surface area (Å²) in [6, 6.07) is 7.66. The van der Waals surface area contributed by atoms with E-state index < -0.39 is 6.10 Å². The third-order valence-electron chi connectivity index (χ3n) is 3.32. The first-order valence-electron chi connectivity index (χ1n) is 6.61. The zero-order valence-corrected chi connectivity index (χ0v) is 12.8. The van der Waals surface area contributed by atoms with Crippen molar-refractivity contribution in [3.8, 4) is 5.75 Å². The Bertz CT molecular complexity index is 378. The minimum atomic E-state index is -0.438. The van der Waals surface area contributed by atoms with E-state index in [4.69, 9.17) is 4.74 Å². The summed E-state index contributed by atoms with van der Waals surface area (Å²) in [5, 5.41) is 9.99. The SMILES string of the molecule is CN1CCN(C[C@@H](O)COc2ccc(Br)cc2)CC1. The zero-order chi connectivity index (χ0) is 13.7. The van der Waals surface area contributed by atoms with Gasteiger partial charge < -0.3 is 14.7 Å². The Kier molecular flexibility index (Phi) is 5.63. The highest BCUT2D eigenvalue weighted by atomic mass is 79.9. The third kappa shape index (κ3) is 5.10. The number of benzene rings is 1. The molecular weight excluding hydrogens is 308 g/mol. The van der Waals surface area contributed by atoms with Crippen LogP contribution in [0.15, 0.2) is 28.7 Å². The van der Waals surface area contributed by atoms with Crippen LogP contribution in [0.5, 0.6) is 5.75 Å². The Morgan fingerprint density at radius 1 is 1.21 bits per heavy atom. The predicted octanol–water partition coefficient (Wildman–Crippen LogP) is 1.44. The largest absolute Gasteiger partial charge is 0.491 e. The molecule has 1 fully saturated rings. The number of hydrogen-bond acceptors (Lipinski definition) is 4. The quantitative estimate of drug-likeness (QED) is 0.887. The van der Waals surface area contributed by atoms with E-state index in [0.717, 1.165) is 36.4 Å². The molecule has 0 saturated carbocycles. The number of halogens is 1. The fourth-order valence-corrected chi connectivity index (χ4v) is 2.37. The summed E-state index contributed by atoms with van der Waals surface area (Å²) in [7, 11) is 2.13. The van der Waals surface area contributed by atoms with Crippen molar-refractivity contribution in [1.82, 2.24) is 9.80 Å². The summed E-state index contributed by atoms with van der Waals surface area (Å²) in [5.41, 5.74) is 0. The van der Waals surface area contributed by atoms with Crippen LogP contribution in [0.4, 0.5) is 0 Å². The second-order valence-corrected chi connectivity index (χ2v) is 5.94. The van der Waals surface area contributed by atoms with Gasteiger partial charge in [-0.25, -0.2) is 0 Å². The molecule has 1 aliphatic heterocycles. The van der Waals surface area contributed by atoms with E-state index in [1.807, 2.05) is 24.3 Å². The molecule has 1 heterocycles. The van der Waals surface area contributed by atoms with Crippen molar-refractivity contribution >= 4 is 15.9 Å². The van der Waals surface area contributed by atoms with Gasteiger partial charge in [0.25, 0.3) is 0 Å². The molecule has 0 amide bonds. The number of rotatable bonds is 5. The fraction of sp³-hybridized carbons (Fsp3) is 0.571. The molecule has 0 aliphatic carbocycles. The van der Waals surface area contributed by atoms with E-state index in [-0.39, 0.29) is 0 Å². The molecule has 0 bridgehead atoms. The highest BCUT2D eigenvalue weighted by molar-refractivity contribution is 9.10. The molecule has 1 aromatic rings. The number of likely N-dealkylation sites (N-methyl/N-ethyl adjacent to an activating group) is 1. The molecule has 106 valence electrons. The third-order valence-corrected chi connectivity index (χ3v) is 3.85. The molecule has 4 nitrogen and oxygen atoms in total. The van der Waals surface area contributed by atoms with Crippen LogP contribution >= 0.6 is 15.9 Å². The first-order valence-corrected chi connectivity index (χ1v) is 7.40. The molecule has 1 aromatic carbocycles. The molecular formula is C14H21BrN2O2. The van der Waals surface area contributed by atoms with E-state index in [0.29, 0.717) is 13.2 Å². The first kappa shape index (κ1) is 14.8. The van der Waals surface area contributed by atoms with E-state index >= 15 is 0 Å². The van der Waals surface area contributed by atoms with E-state index in [9.17, 15) is 5.11 Å². The van der Waals surface area contributed by atoms with Gasteiger partial charge in [0, 0.05) is 37.2 Å². The topological polar surface area (TPSA) is 35.9 Å². The maximum Gasteiger partial charge on any atom is 0.119 e. The molecule has 1 saturated heterocycles. The number of aliphatic hydroxyl groups is 1. The van der Waals surface area contributed by atoms with Crippen LogP contribution in [0, 0.1) is 0 Å². The molecule has 0 radical (unpaired) electrons. The highest BCUT2D eigenvalue weighted by Gasteiger charge is 2.17. The van der Waals surface area contributed by atoms with Crippen molar-refractivity contribution in [3.63, 3.8) is 0 Å². The fourth-order valence-electron chi connectivity index (χ4n) is 2.10. The Labute approximate surface area is 123 Å². The van der Waals surface area contributed by atoms with Crippen molar-refractivity contribution in [2.75, 3.05) is 46.4 Å². The van der Waals surface area contributed by atoms with Crippen LogP contribution in [0.2, 0.25) is 0 Å². The van der Waals surface area contributed by atoms with Gasteiger partial charge >= 0.3 is 0 Å². The molecule has 19 heavy (non-hydrogen) atoms. The molecule has 0 aromatic heterocycles. The Hall–Kier alpha value is -0.620. The minimum Gasteiger partial charge on any atom is -0.491 e. The van der Waals surface area contributed by atoms with Gasteiger partial charge in [-0.1, -0.05) is 15.9 Å². The molecule has 1 atom stereocenters. The molecule has 2 rings (SSSR count). The second-order valence-electron chi connectivity index (χ2n) is 5.02. The van der Waals surface area contributed by atoms with Crippen molar-refractivity contribution < 1.29 is 9.84 Å². The monoisotopic (exact) mass is 328 g/mol. The normalized spacial score (nSPS) is 19.3. The number of nitrogens with zero attached hydrogens (tertiary/aromatic N) is 2. The summed E-state index contributed by atoms with van der Waals surface area (Å²) < 4.78 is 6.60. The van der Waals surface area contributed by atoms with Gasteiger partial charge in [0.05, 0.1) is 0 Å². The van der Waals surface area contributed by atoms with Crippen molar-refractivity contribution in [3.05, 3.63) is 28.7 Å². The average Bonchev–Trinajstić information content (AvgIpc) is 2.41. The van der Waals surface area contributed by atoms with Gasteiger partial charge in [-0.05, 0) is 31.3 Å².